The molecule has 0 aliphatic heterocycles. The molecule has 0 saturated carbocycles. The van der Waals surface area contributed by atoms with Crippen LogP contribution in [0.2, 0.25) is 0 Å². The van der Waals surface area contributed by atoms with E-state index in [1.54, 1.807) is 18.2 Å². The lowest BCUT2D eigenvalue weighted by Gasteiger charge is -2.02. The van der Waals surface area contributed by atoms with E-state index >= 15 is 0 Å². The lowest BCUT2D eigenvalue weighted by atomic mass is 10.3. The molecule has 2 rings (SSSR count). The van der Waals surface area contributed by atoms with E-state index in [0.29, 0.717) is 11.0 Å². The number of carbonyl (C=O) groups excluding carboxylic acids is 1. The monoisotopic (exact) mass is 282 g/mol. The average molecular weight is 283 g/mol. The standard InChI is InChI=1S/C9H7BrN4O2/c1-5(15)11-9-13-12-7-3-2-6(10)4-8(7)14(9)16/h2-4,16H,1H3. The Morgan fingerprint density at radius 2 is 2.25 bits per heavy atom. The summed E-state index contributed by atoms with van der Waals surface area (Å²) in [4.78, 5) is 14.3. The molecule has 16 heavy (non-hydrogen) atoms. The number of rotatable bonds is 0. The Kier molecular flexibility index (Phi) is 2.69. The van der Waals surface area contributed by atoms with Crippen LogP contribution in [0.4, 0.5) is 0 Å². The highest BCUT2D eigenvalue weighted by Crippen LogP contribution is 2.15. The second kappa shape index (κ2) is 4.01. The van der Waals surface area contributed by atoms with Crippen molar-refractivity contribution in [3.63, 3.8) is 0 Å². The molecule has 6 nitrogen and oxygen atoms in total. The zero-order chi connectivity index (χ0) is 11.7. The number of halogens is 1. The van der Waals surface area contributed by atoms with E-state index in [0.717, 1.165) is 9.20 Å². The summed E-state index contributed by atoms with van der Waals surface area (Å²) in [6, 6.07) is 5.12. The Morgan fingerprint density at radius 3 is 2.94 bits per heavy atom. The molecular formula is C9H7BrN4O2. The lowest BCUT2D eigenvalue weighted by molar-refractivity contribution is -0.116. The summed E-state index contributed by atoms with van der Waals surface area (Å²) >= 11 is 3.27. The van der Waals surface area contributed by atoms with Gasteiger partial charge in [0, 0.05) is 11.4 Å². The van der Waals surface area contributed by atoms with Gasteiger partial charge in [0.2, 0.25) is 5.91 Å². The van der Waals surface area contributed by atoms with Crippen LogP contribution < -0.4 is 5.62 Å². The van der Waals surface area contributed by atoms with Crippen molar-refractivity contribution < 1.29 is 10.0 Å². The molecule has 1 amide bonds. The van der Waals surface area contributed by atoms with Crippen molar-refractivity contribution in [3.8, 4) is 0 Å². The first-order valence-electron chi connectivity index (χ1n) is 4.37. The Morgan fingerprint density at radius 1 is 1.50 bits per heavy atom. The highest BCUT2D eigenvalue weighted by atomic mass is 79.9. The summed E-state index contributed by atoms with van der Waals surface area (Å²) in [6.07, 6.45) is 0. The molecule has 0 bridgehead atoms. The van der Waals surface area contributed by atoms with Gasteiger partial charge in [-0.15, -0.1) is 14.9 Å². The summed E-state index contributed by atoms with van der Waals surface area (Å²) < 4.78 is 1.51. The Bertz CT molecular complexity index is 635. The van der Waals surface area contributed by atoms with E-state index < -0.39 is 5.91 Å². The average Bonchev–Trinajstić information content (AvgIpc) is 2.22. The first-order chi connectivity index (χ1) is 7.58. The molecule has 1 heterocycles. The maximum Gasteiger partial charge on any atom is 0.285 e. The molecule has 0 aliphatic rings. The fourth-order valence-electron chi connectivity index (χ4n) is 1.21. The number of aromatic nitrogens is 3. The van der Waals surface area contributed by atoms with Crippen molar-refractivity contribution in [1.29, 1.82) is 0 Å². The van der Waals surface area contributed by atoms with E-state index in [1.807, 2.05) is 0 Å². The Labute approximate surface area is 98.4 Å². The zero-order valence-electron chi connectivity index (χ0n) is 8.25. The lowest BCUT2D eigenvalue weighted by Crippen LogP contribution is -2.25. The highest BCUT2D eigenvalue weighted by molar-refractivity contribution is 9.10. The molecule has 0 aliphatic carbocycles. The summed E-state index contributed by atoms with van der Waals surface area (Å²) in [5.41, 5.74) is 0.788. The molecule has 0 spiro atoms. The number of nitrogens with zero attached hydrogens (tertiary/aromatic N) is 4. The summed E-state index contributed by atoms with van der Waals surface area (Å²) in [5.74, 6) is -0.452. The Hall–Kier alpha value is -1.76. The van der Waals surface area contributed by atoms with Crippen LogP contribution in [0.25, 0.3) is 11.0 Å². The molecule has 2 aromatic rings. The molecule has 0 unspecified atom stereocenters. The van der Waals surface area contributed by atoms with E-state index in [2.05, 4.69) is 31.1 Å². The van der Waals surface area contributed by atoms with E-state index in [-0.39, 0.29) is 5.62 Å². The predicted molar refractivity (Wildman–Crippen MR) is 58.7 cm³/mol. The van der Waals surface area contributed by atoms with Crippen LogP contribution in [-0.4, -0.2) is 26.0 Å². The molecule has 1 aromatic carbocycles. The van der Waals surface area contributed by atoms with Crippen LogP contribution in [0, 0.1) is 0 Å². The second-order valence-corrected chi connectivity index (χ2v) is 3.99. The van der Waals surface area contributed by atoms with Crippen LogP contribution in [0.3, 0.4) is 0 Å². The minimum Gasteiger partial charge on any atom is -0.425 e. The highest BCUT2D eigenvalue weighted by Gasteiger charge is 2.03. The van der Waals surface area contributed by atoms with Crippen LogP contribution in [0.5, 0.6) is 0 Å². The SMILES string of the molecule is CC(=O)N=c1nnc2ccc(Br)cc2n1O. The molecular weight excluding hydrogens is 276 g/mol. The molecule has 1 N–H and O–H groups in total. The first-order valence-corrected chi connectivity index (χ1v) is 5.17. The maximum absolute atomic E-state index is 10.8. The number of carbonyl (C=O) groups is 1. The molecule has 0 atom stereocenters. The number of fused-ring (bicyclic) bond motifs is 1. The van der Waals surface area contributed by atoms with Crippen LogP contribution in [-0.2, 0) is 4.79 Å². The number of hydrogen-bond donors (Lipinski definition) is 1. The zero-order valence-corrected chi connectivity index (χ0v) is 9.84. The fourth-order valence-corrected chi connectivity index (χ4v) is 1.56. The van der Waals surface area contributed by atoms with Gasteiger partial charge in [-0.25, -0.2) is 0 Å². The number of hydrogen-bond acceptors (Lipinski definition) is 4. The van der Waals surface area contributed by atoms with Gasteiger partial charge in [-0.05, 0) is 18.2 Å². The molecule has 82 valence electrons. The number of benzene rings is 1. The van der Waals surface area contributed by atoms with Crippen LogP contribution in [0.1, 0.15) is 6.92 Å². The first kappa shape index (κ1) is 10.7. The quantitative estimate of drug-likeness (QED) is 0.728. The van der Waals surface area contributed by atoms with Gasteiger partial charge in [-0.2, -0.15) is 4.99 Å². The fraction of sp³-hybridized carbons (Fsp3) is 0.111. The summed E-state index contributed by atoms with van der Waals surface area (Å²) in [6.45, 7) is 1.27. The van der Waals surface area contributed by atoms with Crippen molar-refractivity contribution in [2.24, 2.45) is 4.99 Å². The van der Waals surface area contributed by atoms with Gasteiger partial charge in [0.1, 0.15) is 11.0 Å². The maximum atomic E-state index is 10.8. The second-order valence-electron chi connectivity index (χ2n) is 3.08. The van der Waals surface area contributed by atoms with E-state index in [1.165, 1.54) is 6.92 Å². The molecule has 0 fully saturated rings. The van der Waals surface area contributed by atoms with Crippen molar-refractivity contribution in [1.82, 2.24) is 14.9 Å². The van der Waals surface area contributed by atoms with Gasteiger partial charge >= 0.3 is 0 Å². The number of amides is 1. The molecule has 0 radical (unpaired) electrons. The van der Waals surface area contributed by atoms with Gasteiger partial charge in [-0.1, -0.05) is 15.9 Å². The Balaban J connectivity index is 2.83. The van der Waals surface area contributed by atoms with Crippen molar-refractivity contribution in [3.05, 3.63) is 28.3 Å². The topological polar surface area (TPSA) is 80.4 Å². The largest absolute Gasteiger partial charge is 0.425 e. The molecule has 7 heteroatoms. The normalized spacial score (nSPS) is 12.0. The third kappa shape index (κ3) is 1.94. The smallest absolute Gasteiger partial charge is 0.285 e. The predicted octanol–water partition coefficient (Wildman–Crippen LogP) is 0.878. The minimum absolute atomic E-state index is 0.141. The minimum atomic E-state index is -0.452. The van der Waals surface area contributed by atoms with Gasteiger partial charge in [0.15, 0.2) is 0 Å². The van der Waals surface area contributed by atoms with Crippen LogP contribution in [0.15, 0.2) is 27.7 Å². The third-order valence-corrected chi connectivity index (χ3v) is 2.35. The summed E-state index contributed by atoms with van der Waals surface area (Å²) in [5, 5.41) is 17.2. The van der Waals surface area contributed by atoms with Crippen LogP contribution >= 0.6 is 15.9 Å². The van der Waals surface area contributed by atoms with Gasteiger partial charge in [-0.3, -0.25) is 4.79 Å². The van der Waals surface area contributed by atoms with E-state index in [9.17, 15) is 10.0 Å². The van der Waals surface area contributed by atoms with Gasteiger partial charge in [0.05, 0.1) is 0 Å². The summed E-state index contributed by atoms with van der Waals surface area (Å²) in [7, 11) is 0. The van der Waals surface area contributed by atoms with Crippen molar-refractivity contribution in [2.45, 2.75) is 6.92 Å². The van der Waals surface area contributed by atoms with Gasteiger partial charge in [0.25, 0.3) is 5.62 Å². The van der Waals surface area contributed by atoms with Crippen molar-refractivity contribution >= 4 is 32.9 Å². The van der Waals surface area contributed by atoms with E-state index in [4.69, 9.17) is 0 Å². The third-order valence-electron chi connectivity index (χ3n) is 1.86. The molecule has 0 saturated heterocycles. The molecule has 1 aromatic heterocycles. The van der Waals surface area contributed by atoms with Gasteiger partial charge < -0.3 is 5.21 Å². The van der Waals surface area contributed by atoms with Crippen molar-refractivity contribution in [2.75, 3.05) is 0 Å².